The van der Waals surface area contributed by atoms with Gasteiger partial charge in [-0.15, -0.1) is 11.8 Å². The molecule has 0 aliphatic heterocycles. The fourth-order valence-electron chi connectivity index (χ4n) is 2.66. The lowest BCUT2D eigenvalue weighted by molar-refractivity contribution is 0.0522. The molecule has 3 rings (SSSR count). The minimum absolute atomic E-state index is 0.314. The van der Waals surface area contributed by atoms with E-state index in [1.165, 1.54) is 11.8 Å². The van der Waals surface area contributed by atoms with Crippen molar-refractivity contribution in [3.8, 4) is 11.1 Å². The Balaban J connectivity index is 2.43. The molecule has 0 fully saturated rings. The number of hydrogen-bond acceptors (Lipinski definition) is 4. The van der Waals surface area contributed by atoms with Crippen molar-refractivity contribution >= 4 is 40.2 Å². The molecular weight excluding hydrogens is 342 g/mol. The van der Waals surface area contributed by atoms with Gasteiger partial charge in [-0.25, -0.2) is 9.78 Å². The summed E-state index contributed by atoms with van der Waals surface area (Å²) >= 11 is 7.63. The van der Waals surface area contributed by atoms with Gasteiger partial charge in [0.25, 0.3) is 0 Å². The van der Waals surface area contributed by atoms with Crippen LogP contribution in [0.5, 0.6) is 0 Å². The molecule has 0 saturated heterocycles. The van der Waals surface area contributed by atoms with Crippen molar-refractivity contribution in [1.82, 2.24) is 4.98 Å². The average Bonchev–Trinajstić information content (AvgIpc) is 2.61. The number of benzene rings is 2. The number of hydrogen-bond donors (Lipinski definition) is 0. The van der Waals surface area contributed by atoms with E-state index in [4.69, 9.17) is 16.3 Å². The molecule has 3 nitrogen and oxygen atoms in total. The van der Waals surface area contributed by atoms with Crippen LogP contribution in [0, 0.1) is 0 Å². The maximum absolute atomic E-state index is 12.6. The van der Waals surface area contributed by atoms with Crippen molar-refractivity contribution in [3.05, 3.63) is 59.1 Å². The monoisotopic (exact) mass is 357 g/mol. The maximum Gasteiger partial charge on any atom is 0.341 e. The second kappa shape index (κ2) is 7.24. The fraction of sp³-hybridized carbons (Fsp3) is 0.158. The minimum atomic E-state index is -0.366. The molecule has 0 amide bonds. The first-order valence-corrected chi connectivity index (χ1v) is 9.15. The van der Waals surface area contributed by atoms with Crippen LogP contribution in [-0.2, 0) is 4.74 Å². The fourth-order valence-corrected chi connectivity index (χ4v) is 3.41. The molecule has 0 unspecified atom stereocenters. The largest absolute Gasteiger partial charge is 0.462 e. The Morgan fingerprint density at radius 1 is 1.21 bits per heavy atom. The molecule has 1 heterocycles. The summed E-state index contributed by atoms with van der Waals surface area (Å²) in [5.41, 5.74) is 3.04. The molecule has 0 bridgehead atoms. The van der Waals surface area contributed by atoms with Crippen LogP contribution in [-0.4, -0.2) is 23.8 Å². The quantitative estimate of drug-likeness (QED) is 0.459. The number of nitrogens with zero attached hydrogens (tertiary/aromatic N) is 1. The molecule has 0 aliphatic rings. The standard InChI is InChI=1S/C19H16ClNO2S/c1-3-23-19(22)17-16(12-7-5-4-6-8-12)14-11-13(20)9-10-15(14)21-18(17)24-2/h4-11H,3H2,1-2H3. The predicted molar refractivity (Wildman–Crippen MR) is 99.9 cm³/mol. The van der Waals surface area contributed by atoms with Gasteiger partial charge in [-0.2, -0.15) is 0 Å². The van der Waals surface area contributed by atoms with Crippen molar-refractivity contribution < 1.29 is 9.53 Å². The van der Waals surface area contributed by atoms with Crippen LogP contribution in [0.25, 0.3) is 22.0 Å². The van der Waals surface area contributed by atoms with Gasteiger partial charge in [-0.3, -0.25) is 0 Å². The van der Waals surface area contributed by atoms with E-state index in [1.54, 1.807) is 13.0 Å². The minimum Gasteiger partial charge on any atom is -0.462 e. The summed E-state index contributed by atoms with van der Waals surface area (Å²) in [5, 5.41) is 2.10. The number of thioether (sulfide) groups is 1. The molecule has 24 heavy (non-hydrogen) atoms. The molecule has 0 aliphatic carbocycles. The van der Waals surface area contributed by atoms with Crippen molar-refractivity contribution in [2.75, 3.05) is 12.9 Å². The zero-order valence-corrected chi connectivity index (χ0v) is 14.9. The van der Waals surface area contributed by atoms with E-state index in [1.807, 2.05) is 48.7 Å². The highest BCUT2D eigenvalue weighted by Gasteiger charge is 2.23. The maximum atomic E-state index is 12.6. The Labute approximate surface area is 150 Å². The lowest BCUT2D eigenvalue weighted by Crippen LogP contribution is -2.10. The molecular formula is C19H16ClNO2S. The normalized spacial score (nSPS) is 10.8. The Bertz CT molecular complexity index is 897. The number of aromatic nitrogens is 1. The van der Waals surface area contributed by atoms with E-state index in [-0.39, 0.29) is 5.97 Å². The van der Waals surface area contributed by atoms with Crippen LogP contribution in [0.3, 0.4) is 0 Å². The SMILES string of the molecule is CCOC(=O)c1c(SC)nc2ccc(Cl)cc2c1-c1ccccc1. The third-order valence-corrected chi connectivity index (χ3v) is 4.57. The number of halogens is 1. The number of fused-ring (bicyclic) bond motifs is 1. The molecule has 0 spiro atoms. The van der Waals surface area contributed by atoms with Gasteiger partial charge < -0.3 is 4.74 Å². The van der Waals surface area contributed by atoms with Gasteiger partial charge in [0.2, 0.25) is 0 Å². The highest BCUT2D eigenvalue weighted by molar-refractivity contribution is 7.98. The first kappa shape index (κ1) is 16.8. The zero-order chi connectivity index (χ0) is 17.1. The van der Waals surface area contributed by atoms with Crippen molar-refractivity contribution in [2.24, 2.45) is 0 Å². The van der Waals surface area contributed by atoms with Gasteiger partial charge in [0.15, 0.2) is 0 Å². The number of carbonyl (C=O) groups is 1. The Hall–Kier alpha value is -2.04. The summed E-state index contributed by atoms with van der Waals surface area (Å²) < 4.78 is 5.29. The summed E-state index contributed by atoms with van der Waals surface area (Å²) in [7, 11) is 0. The van der Waals surface area contributed by atoms with E-state index < -0.39 is 0 Å². The number of carbonyl (C=O) groups excluding carboxylic acids is 1. The van der Waals surface area contributed by atoms with Crippen LogP contribution in [0.4, 0.5) is 0 Å². The van der Waals surface area contributed by atoms with Gasteiger partial charge in [0.05, 0.1) is 12.1 Å². The molecule has 3 aromatic rings. The highest BCUT2D eigenvalue weighted by atomic mass is 35.5. The van der Waals surface area contributed by atoms with Crippen LogP contribution in [0.1, 0.15) is 17.3 Å². The summed E-state index contributed by atoms with van der Waals surface area (Å²) in [4.78, 5) is 17.3. The average molecular weight is 358 g/mol. The van der Waals surface area contributed by atoms with Crippen LogP contribution >= 0.6 is 23.4 Å². The first-order valence-electron chi connectivity index (χ1n) is 7.55. The number of ether oxygens (including phenoxy) is 1. The van der Waals surface area contributed by atoms with Gasteiger partial charge in [-0.05, 0) is 36.9 Å². The van der Waals surface area contributed by atoms with Crippen molar-refractivity contribution in [1.29, 1.82) is 0 Å². The highest BCUT2D eigenvalue weighted by Crippen LogP contribution is 2.37. The molecule has 2 aromatic carbocycles. The third-order valence-electron chi connectivity index (χ3n) is 3.65. The second-order valence-corrected chi connectivity index (χ2v) is 6.35. The van der Waals surface area contributed by atoms with Crippen molar-refractivity contribution in [3.63, 3.8) is 0 Å². The first-order chi connectivity index (χ1) is 11.7. The van der Waals surface area contributed by atoms with E-state index in [9.17, 15) is 4.79 Å². The van der Waals surface area contributed by atoms with Crippen LogP contribution in [0.15, 0.2) is 53.6 Å². The smallest absolute Gasteiger partial charge is 0.341 e. The van der Waals surface area contributed by atoms with E-state index in [0.717, 1.165) is 22.0 Å². The van der Waals surface area contributed by atoms with Crippen LogP contribution < -0.4 is 0 Å². The van der Waals surface area contributed by atoms with E-state index in [2.05, 4.69) is 4.98 Å². The number of pyridine rings is 1. The topological polar surface area (TPSA) is 39.2 Å². The van der Waals surface area contributed by atoms with Gasteiger partial charge in [-0.1, -0.05) is 41.9 Å². The molecule has 122 valence electrons. The lowest BCUT2D eigenvalue weighted by atomic mass is 9.96. The Morgan fingerprint density at radius 2 is 1.96 bits per heavy atom. The lowest BCUT2D eigenvalue weighted by Gasteiger charge is -2.15. The third kappa shape index (κ3) is 3.12. The Kier molecular flexibility index (Phi) is 5.07. The summed E-state index contributed by atoms with van der Waals surface area (Å²) in [6, 6.07) is 15.3. The Morgan fingerprint density at radius 3 is 2.62 bits per heavy atom. The molecule has 0 N–H and O–H groups in total. The van der Waals surface area contributed by atoms with Crippen molar-refractivity contribution in [2.45, 2.75) is 11.9 Å². The number of esters is 1. The molecule has 5 heteroatoms. The molecule has 0 saturated carbocycles. The van der Waals surface area contributed by atoms with Gasteiger partial charge in [0.1, 0.15) is 10.6 Å². The summed E-state index contributed by atoms with van der Waals surface area (Å²) in [5.74, 6) is -0.366. The summed E-state index contributed by atoms with van der Waals surface area (Å²) in [6.45, 7) is 2.11. The van der Waals surface area contributed by atoms with Gasteiger partial charge >= 0.3 is 5.97 Å². The molecule has 0 atom stereocenters. The molecule has 0 radical (unpaired) electrons. The van der Waals surface area contributed by atoms with E-state index >= 15 is 0 Å². The zero-order valence-electron chi connectivity index (χ0n) is 13.4. The molecule has 1 aromatic heterocycles. The van der Waals surface area contributed by atoms with Gasteiger partial charge in [0, 0.05) is 16.0 Å². The number of rotatable bonds is 4. The predicted octanol–water partition coefficient (Wildman–Crippen LogP) is 5.45. The van der Waals surface area contributed by atoms with Crippen LogP contribution in [0.2, 0.25) is 5.02 Å². The van der Waals surface area contributed by atoms with E-state index in [0.29, 0.717) is 22.2 Å². The summed E-state index contributed by atoms with van der Waals surface area (Å²) in [6.07, 6.45) is 1.90. The second-order valence-electron chi connectivity index (χ2n) is 5.12.